The molecule has 0 saturated heterocycles. The zero-order chi connectivity index (χ0) is 13.1. The van der Waals surface area contributed by atoms with Gasteiger partial charge in [0.25, 0.3) is 0 Å². The Morgan fingerprint density at radius 1 is 1.32 bits per heavy atom. The Balaban J connectivity index is 1.91. The van der Waals surface area contributed by atoms with Crippen LogP contribution < -0.4 is 5.32 Å². The monoisotopic (exact) mass is 273 g/mol. The molecular formula is C13H12ClN5. The van der Waals surface area contributed by atoms with Gasteiger partial charge in [0.1, 0.15) is 5.69 Å². The fraction of sp³-hybridized carbons (Fsp3) is 0.0769. The van der Waals surface area contributed by atoms with E-state index in [0.29, 0.717) is 11.6 Å². The van der Waals surface area contributed by atoms with Crippen LogP contribution in [0.4, 0.5) is 5.69 Å². The van der Waals surface area contributed by atoms with Crippen LogP contribution in [0, 0.1) is 0 Å². The third kappa shape index (κ3) is 2.46. The van der Waals surface area contributed by atoms with Gasteiger partial charge in [0, 0.05) is 18.6 Å². The minimum Gasteiger partial charge on any atom is -0.378 e. The first kappa shape index (κ1) is 11.8. The van der Waals surface area contributed by atoms with Crippen molar-refractivity contribution in [2.24, 2.45) is 0 Å². The molecule has 96 valence electrons. The summed E-state index contributed by atoms with van der Waals surface area (Å²) in [5, 5.41) is 8.20. The van der Waals surface area contributed by atoms with E-state index in [4.69, 9.17) is 11.6 Å². The molecule has 0 unspecified atom stereocenters. The van der Waals surface area contributed by atoms with Crippen molar-refractivity contribution >= 4 is 17.3 Å². The predicted molar refractivity (Wildman–Crippen MR) is 74.5 cm³/mol. The number of rotatable bonds is 4. The molecule has 0 aliphatic heterocycles. The van der Waals surface area contributed by atoms with Crippen LogP contribution in [0.15, 0.2) is 49.2 Å². The molecule has 2 N–H and O–H groups in total. The van der Waals surface area contributed by atoms with Gasteiger partial charge in [-0.15, -0.1) is 0 Å². The molecule has 3 aromatic rings. The van der Waals surface area contributed by atoms with Crippen LogP contribution in [0.2, 0.25) is 5.02 Å². The molecule has 0 fully saturated rings. The Labute approximate surface area is 115 Å². The van der Waals surface area contributed by atoms with Crippen LogP contribution in [0.1, 0.15) is 5.69 Å². The van der Waals surface area contributed by atoms with E-state index in [2.05, 4.69) is 20.4 Å². The molecule has 3 rings (SSSR count). The predicted octanol–water partition coefficient (Wildman–Crippen LogP) is 2.86. The van der Waals surface area contributed by atoms with Gasteiger partial charge in [-0.2, -0.15) is 5.10 Å². The van der Waals surface area contributed by atoms with Gasteiger partial charge < -0.3 is 10.3 Å². The normalized spacial score (nSPS) is 10.6. The van der Waals surface area contributed by atoms with E-state index in [0.717, 1.165) is 17.1 Å². The minimum atomic E-state index is 0.647. The van der Waals surface area contributed by atoms with Gasteiger partial charge in [-0.1, -0.05) is 17.7 Å². The Kier molecular flexibility index (Phi) is 3.20. The molecule has 6 heteroatoms. The number of hydrogen-bond donors (Lipinski definition) is 2. The molecule has 0 aliphatic carbocycles. The van der Waals surface area contributed by atoms with Crippen molar-refractivity contribution in [3.8, 4) is 5.69 Å². The highest BCUT2D eigenvalue weighted by Crippen LogP contribution is 2.28. The largest absolute Gasteiger partial charge is 0.378 e. The fourth-order valence-electron chi connectivity index (χ4n) is 1.86. The highest BCUT2D eigenvalue weighted by molar-refractivity contribution is 6.33. The van der Waals surface area contributed by atoms with Crippen molar-refractivity contribution in [3.05, 3.63) is 59.9 Å². The third-order valence-corrected chi connectivity index (χ3v) is 3.05. The number of aromatic amines is 1. The smallest absolute Gasteiger partial charge is 0.106 e. The topological polar surface area (TPSA) is 58.5 Å². The molecule has 0 saturated carbocycles. The lowest BCUT2D eigenvalue weighted by Crippen LogP contribution is -2.05. The molecule has 5 nitrogen and oxygen atoms in total. The zero-order valence-electron chi connectivity index (χ0n) is 10.0. The van der Waals surface area contributed by atoms with Crippen LogP contribution in [0.5, 0.6) is 0 Å². The second-order valence-electron chi connectivity index (χ2n) is 4.02. The second kappa shape index (κ2) is 5.16. The molecule has 2 heterocycles. The van der Waals surface area contributed by atoms with Gasteiger partial charge >= 0.3 is 0 Å². The molecule has 0 atom stereocenters. The number of aromatic nitrogens is 4. The first-order valence-corrected chi connectivity index (χ1v) is 6.22. The van der Waals surface area contributed by atoms with Gasteiger partial charge in [0.15, 0.2) is 0 Å². The Hall–Kier alpha value is -2.27. The Morgan fingerprint density at radius 2 is 2.26 bits per heavy atom. The standard InChI is InChI=1S/C13H12ClN5/c14-11-3-1-4-12(13(11)19-6-2-5-18-19)16-8-10-7-15-9-17-10/h1-7,9,16H,8H2,(H,15,17). The number of para-hydroxylation sites is 1. The van der Waals surface area contributed by atoms with E-state index in [9.17, 15) is 0 Å². The second-order valence-corrected chi connectivity index (χ2v) is 4.42. The summed E-state index contributed by atoms with van der Waals surface area (Å²) in [5.41, 5.74) is 2.77. The van der Waals surface area contributed by atoms with E-state index in [-0.39, 0.29) is 0 Å². The number of hydrogen-bond acceptors (Lipinski definition) is 3. The van der Waals surface area contributed by atoms with Gasteiger partial charge in [-0.25, -0.2) is 9.67 Å². The van der Waals surface area contributed by atoms with Gasteiger partial charge in [-0.3, -0.25) is 0 Å². The summed E-state index contributed by atoms with van der Waals surface area (Å²) in [4.78, 5) is 7.03. The van der Waals surface area contributed by atoms with Gasteiger partial charge in [0.2, 0.25) is 0 Å². The molecule has 2 aromatic heterocycles. The average molecular weight is 274 g/mol. The van der Waals surface area contributed by atoms with Crippen molar-refractivity contribution in [1.29, 1.82) is 0 Å². The summed E-state index contributed by atoms with van der Waals surface area (Å²) in [7, 11) is 0. The van der Waals surface area contributed by atoms with Crippen molar-refractivity contribution in [2.75, 3.05) is 5.32 Å². The van der Waals surface area contributed by atoms with E-state index in [1.807, 2.05) is 30.5 Å². The molecule has 0 radical (unpaired) electrons. The number of halogens is 1. The highest BCUT2D eigenvalue weighted by Gasteiger charge is 2.09. The van der Waals surface area contributed by atoms with E-state index in [1.165, 1.54) is 0 Å². The van der Waals surface area contributed by atoms with Crippen molar-refractivity contribution in [1.82, 2.24) is 19.7 Å². The SMILES string of the molecule is Clc1cccc(NCc2cnc[nH]2)c1-n1cccn1. The van der Waals surface area contributed by atoms with Crippen molar-refractivity contribution in [2.45, 2.75) is 6.54 Å². The van der Waals surface area contributed by atoms with Gasteiger partial charge in [0.05, 0.1) is 29.3 Å². The molecule has 0 amide bonds. The summed E-state index contributed by atoms with van der Waals surface area (Å²) in [5.74, 6) is 0. The summed E-state index contributed by atoms with van der Waals surface area (Å²) in [6.07, 6.45) is 7.03. The summed E-state index contributed by atoms with van der Waals surface area (Å²) < 4.78 is 1.75. The van der Waals surface area contributed by atoms with E-state index < -0.39 is 0 Å². The molecule has 19 heavy (non-hydrogen) atoms. The number of anilines is 1. The number of imidazole rings is 1. The zero-order valence-corrected chi connectivity index (χ0v) is 10.8. The van der Waals surface area contributed by atoms with Crippen molar-refractivity contribution in [3.63, 3.8) is 0 Å². The number of H-pyrrole nitrogens is 1. The minimum absolute atomic E-state index is 0.647. The van der Waals surface area contributed by atoms with Crippen LogP contribution in [0.25, 0.3) is 5.69 Å². The van der Waals surface area contributed by atoms with Crippen molar-refractivity contribution < 1.29 is 0 Å². The van der Waals surface area contributed by atoms with E-state index in [1.54, 1.807) is 23.4 Å². The maximum atomic E-state index is 6.26. The number of nitrogens with one attached hydrogen (secondary N) is 2. The quantitative estimate of drug-likeness (QED) is 0.768. The number of nitrogens with zero attached hydrogens (tertiary/aromatic N) is 3. The van der Waals surface area contributed by atoms with Crippen LogP contribution >= 0.6 is 11.6 Å². The van der Waals surface area contributed by atoms with Crippen LogP contribution in [0.3, 0.4) is 0 Å². The lowest BCUT2D eigenvalue weighted by Gasteiger charge is -2.13. The summed E-state index contributed by atoms with van der Waals surface area (Å²) in [6.45, 7) is 0.647. The van der Waals surface area contributed by atoms with E-state index >= 15 is 0 Å². The third-order valence-electron chi connectivity index (χ3n) is 2.74. The van der Waals surface area contributed by atoms with Gasteiger partial charge in [-0.05, 0) is 18.2 Å². The lowest BCUT2D eigenvalue weighted by atomic mass is 10.2. The van der Waals surface area contributed by atoms with Crippen LogP contribution in [-0.4, -0.2) is 19.7 Å². The molecule has 0 aliphatic rings. The van der Waals surface area contributed by atoms with Crippen LogP contribution in [-0.2, 0) is 6.54 Å². The molecular weight excluding hydrogens is 262 g/mol. The Bertz CT molecular complexity index is 646. The number of benzene rings is 1. The first-order valence-electron chi connectivity index (χ1n) is 5.84. The molecule has 1 aromatic carbocycles. The summed E-state index contributed by atoms with van der Waals surface area (Å²) in [6, 6.07) is 7.59. The molecule has 0 bridgehead atoms. The first-order chi connectivity index (χ1) is 9.34. The maximum Gasteiger partial charge on any atom is 0.106 e. The molecule has 0 spiro atoms. The summed E-state index contributed by atoms with van der Waals surface area (Å²) >= 11 is 6.26. The fourth-order valence-corrected chi connectivity index (χ4v) is 2.12. The highest BCUT2D eigenvalue weighted by atomic mass is 35.5. The average Bonchev–Trinajstić information content (AvgIpc) is 3.09. The maximum absolute atomic E-state index is 6.26. The lowest BCUT2D eigenvalue weighted by molar-refractivity contribution is 0.879. The Morgan fingerprint density at radius 3 is 3.00 bits per heavy atom.